The van der Waals surface area contributed by atoms with Gasteiger partial charge in [-0.15, -0.1) is 0 Å². The van der Waals surface area contributed by atoms with Crippen molar-refractivity contribution in [3.8, 4) is 0 Å². The number of rotatable bonds is 2. The van der Waals surface area contributed by atoms with E-state index in [1.54, 1.807) is 0 Å². The minimum Gasteiger partial charge on any atom is -0.207 e. The first-order valence-electron chi connectivity index (χ1n) is 5.28. The van der Waals surface area contributed by atoms with E-state index in [0.717, 1.165) is 11.5 Å². The Hall–Kier alpha value is -1.11. The first kappa shape index (κ1) is 9.45. The fourth-order valence-corrected chi connectivity index (χ4v) is 1.97. The van der Waals surface area contributed by atoms with Crippen molar-refractivity contribution in [1.82, 2.24) is 0 Å². The molecule has 2 rings (SSSR count). The maximum absolute atomic E-state index is 12.6. The van der Waals surface area contributed by atoms with Crippen molar-refractivity contribution in [3.63, 3.8) is 0 Å². The molecule has 0 radical (unpaired) electrons. The predicted molar refractivity (Wildman–Crippen MR) is 57.4 cm³/mol. The summed E-state index contributed by atoms with van der Waals surface area (Å²) in [4.78, 5) is 0. The first-order valence-corrected chi connectivity index (χ1v) is 5.28. The summed E-state index contributed by atoms with van der Waals surface area (Å²) in [6, 6.07) is 6.66. The molecule has 1 saturated carbocycles. The third-order valence-corrected chi connectivity index (χ3v) is 2.83. The fraction of sp³-hybridized carbons (Fsp3) is 0.385. The molecule has 1 aromatic carbocycles. The zero-order valence-electron chi connectivity index (χ0n) is 8.25. The normalized spacial score (nSPS) is 18.1. The molecule has 0 aliphatic heterocycles. The number of allylic oxidation sites excluding steroid dienone is 1. The summed E-state index contributed by atoms with van der Waals surface area (Å²) in [5.41, 5.74) is 1.10. The van der Waals surface area contributed by atoms with Crippen LogP contribution in [0.15, 0.2) is 30.3 Å². The summed E-state index contributed by atoms with van der Waals surface area (Å²) in [7, 11) is 0. The zero-order valence-corrected chi connectivity index (χ0v) is 8.25. The van der Waals surface area contributed by atoms with Crippen LogP contribution >= 0.6 is 0 Å². The highest BCUT2D eigenvalue weighted by atomic mass is 19.1. The Kier molecular flexibility index (Phi) is 2.97. The second-order valence-electron chi connectivity index (χ2n) is 3.96. The van der Waals surface area contributed by atoms with Gasteiger partial charge in [0.1, 0.15) is 5.82 Å². The summed E-state index contributed by atoms with van der Waals surface area (Å²) in [5.74, 6) is 0.586. The molecule has 0 bridgehead atoms. The van der Waals surface area contributed by atoms with Gasteiger partial charge in [0.15, 0.2) is 0 Å². The molecule has 0 spiro atoms. The molecule has 1 aromatic rings. The third-order valence-electron chi connectivity index (χ3n) is 2.83. The Bertz CT molecular complexity index is 305. The SMILES string of the molecule is Fc1ccc(/C=C/C2CCCC2)cc1. The summed E-state index contributed by atoms with van der Waals surface area (Å²) in [5, 5.41) is 0. The summed E-state index contributed by atoms with van der Waals surface area (Å²) in [6.07, 6.45) is 9.72. The highest BCUT2D eigenvalue weighted by Gasteiger charge is 2.10. The van der Waals surface area contributed by atoms with Crippen molar-refractivity contribution in [2.45, 2.75) is 25.7 Å². The molecule has 14 heavy (non-hydrogen) atoms. The molecular weight excluding hydrogens is 175 g/mol. The van der Waals surface area contributed by atoms with Crippen LogP contribution in [0.5, 0.6) is 0 Å². The number of hydrogen-bond donors (Lipinski definition) is 0. The van der Waals surface area contributed by atoms with Crippen molar-refractivity contribution < 1.29 is 4.39 Å². The van der Waals surface area contributed by atoms with Gasteiger partial charge in [0.25, 0.3) is 0 Å². The van der Waals surface area contributed by atoms with E-state index in [-0.39, 0.29) is 5.82 Å². The van der Waals surface area contributed by atoms with Gasteiger partial charge in [-0.2, -0.15) is 0 Å². The van der Waals surface area contributed by atoms with Crippen molar-refractivity contribution in [2.24, 2.45) is 5.92 Å². The molecule has 0 amide bonds. The van der Waals surface area contributed by atoms with Crippen LogP contribution in [0.1, 0.15) is 31.2 Å². The lowest BCUT2D eigenvalue weighted by atomic mass is 10.1. The van der Waals surface area contributed by atoms with Crippen LogP contribution in [0.3, 0.4) is 0 Å². The van der Waals surface area contributed by atoms with Crippen LogP contribution in [0.2, 0.25) is 0 Å². The Morgan fingerprint density at radius 1 is 1.07 bits per heavy atom. The first-order chi connectivity index (χ1) is 6.84. The zero-order chi connectivity index (χ0) is 9.80. The second-order valence-corrected chi connectivity index (χ2v) is 3.96. The molecule has 74 valence electrons. The van der Waals surface area contributed by atoms with E-state index in [4.69, 9.17) is 0 Å². The summed E-state index contributed by atoms with van der Waals surface area (Å²) >= 11 is 0. The van der Waals surface area contributed by atoms with E-state index >= 15 is 0 Å². The van der Waals surface area contributed by atoms with Crippen molar-refractivity contribution in [1.29, 1.82) is 0 Å². The van der Waals surface area contributed by atoms with Gasteiger partial charge in [-0.1, -0.05) is 37.1 Å². The van der Waals surface area contributed by atoms with E-state index in [0.29, 0.717) is 0 Å². The van der Waals surface area contributed by atoms with Crippen molar-refractivity contribution in [3.05, 3.63) is 41.7 Å². The highest BCUT2D eigenvalue weighted by Crippen LogP contribution is 2.26. The molecule has 0 nitrogen and oxygen atoms in total. The Balaban J connectivity index is 1.99. The second kappa shape index (κ2) is 4.41. The van der Waals surface area contributed by atoms with Gasteiger partial charge in [0.05, 0.1) is 0 Å². The van der Waals surface area contributed by atoms with Crippen LogP contribution in [-0.2, 0) is 0 Å². The third kappa shape index (κ3) is 2.44. The lowest BCUT2D eigenvalue weighted by Gasteiger charge is -1.99. The van der Waals surface area contributed by atoms with Crippen molar-refractivity contribution >= 4 is 6.08 Å². The van der Waals surface area contributed by atoms with Crippen LogP contribution < -0.4 is 0 Å². The molecule has 0 atom stereocenters. The van der Waals surface area contributed by atoms with E-state index in [2.05, 4.69) is 12.2 Å². The van der Waals surface area contributed by atoms with Gasteiger partial charge >= 0.3 is 0 Å². The fourth-order valence-electron chi connectivity index (χ4n) is 1.97. The monoisotopic (exact) mass is 190 g/mol. The van der Waals surface area contributed by atoms with Gasteiger partial charge in [0, 0.05) is 0 Å². The standard InChI is InChI=1S/C13H15F/c14-13-9-7-12(8-10-13)6-5-11-3-1-2-4-11/h5-11H,1-4H2/b6-5+. The molecular formula is C13H15F. The van der Waals surface area contributed by atoms with E-state index in [9.17, 15) is 4.39 Å². The summed E-state index contributed by atoms with van der Waals surface area (Å²) in [6.45, 7) is 0. The Labute approximate surface area is 84.5 Å². The predicted octanol–water partition coefficient (Wildman–Crippen LogP) is 4.03. The Morgan fingerprint density at radius 2 is 1.71 bits per heavy atom. The van der Waals surface area contributed by atoms with Gasteiger partial charge in [-0.25, -0.2) is 4.39 Å². The maximum atomic E-state index is 12.6. The highest BCUT2D eigenvalue weighted by molar-refractivity contribution is 5.49. The molecule has 0 saturated heterocycles. The maximum Gasteiger partial charge on any atom is 0.123 e. The molecule has 1 fully saturated rings. The molecule has 1 aliphatic carbocycles. The largest absolute Gasteiger partial charge is 0.207 e. The molecule has 1 aliphatic rings. The lowest BCUT2D eigenvalue weighted by Crippen LogP contribution is -1.85. The van der Waals surface area contributed by atoms with E-state index in [1.165, 1.54) is 37.8 Å². The molecule has 0 N–H and O–H groups in total. The smallest absolute Gasteiger partial charge is 0.123 e. The average molecular weight is 190 g/mol. The Morgan fingerprint density at radius 3 is 2.36 bits per heavy atom. The topological polar surface area (TPSA) is 0 Å². The van der Waals surface area contributed by atoms with Gasteiger partial charge < -0.3 is 0 Å². The van der Waals surface area contributed by atoms with E-state index < -0.39 is 0 Å². The average Bonchev–Trinajstić information content (AvgIpc) is 2.70. The molecule has 0 heterocycles. The van der Waals surface area contributed by atoms with Gasteiger partial charge in [-0.05, 0) is 36.5 Å². The minimum absolute atomic E-state index is 0.164. The number of halogens is 1. The molecule has 0 unspecified atom stereocenters. The van der Waals surface area contributed by atoms with Crippen molar-refractivity contribution in [2.75, 3.05) is 0 Å². The molecule has 0 aromatic heterocycles. The van der Waals surface area contributed by atoms with Crippen LogP contribution in [0.4, 0.5) is 4.39 Å². The van der Waals surface area contributed by atoms with Gasteiger partial charge in [-0.3, -0.25) is 0 Å². The number of hydrogen-bond acceptors (Lipinski definition) is 0. The lowest BCUT2D eigenvalue weighted by molar-refractivity contribution is 0.627. The number of benzene rings is 1. The quantitative estimate of drug-likeness (QED) is 0.660. The minimum atomic E-state index is -0.164. The summed E-state index contributed by atoms with van der Waals surface area (Å²) < 4.78 is 12.6. The van der Waals surface area contributed by atoms with E-state index in [1.807, 2.05) is 12.1 Å². The van der Waals surface area contributed by atoms with Crippen LogP contribution in [-0.4, -0.2) is 0 Å². The van der Waals surface area contributed by atoms with Crippen LogP contribution in [0.25, 0.3) is 6.08 Å². The van der Waals surface area contributed by atoms with Gasteiger partial charge in [0.2, 0.25) is 0 Å². The van der Waals surface area contributed by atoms with Crippen LogP contribution in [0, 0.1) is 11.7 Å². The molecule has 1 heteroatoms.